The van der Waals surface area contributed by atoms with Crippen LogP contribution in [-0.2, 0) is 17.6 Å². The molecule has 3 aromatic rings. The summed E-state index contributed by atoms with van der Waals surface area (Å²) >= 11 is 0. The highest BCUT2D eigenvalue weighted by Gasteiger charge is 2.14. The van der Waals surface area contributed by atoms with Crippen molar-refractivity contribution in [3.63, 3.8) is 0 Å². The molecular weight excluding hydrogens is 314 g/mol. The summed E-state index contributed by atoms with van der Waals surface area (Å²) in [4.78, 5) is 12.1. The highest BCUT2D eigenvalue weighted by Crippen LogP contribution is 2.17. The van der Waals surface area contributed by atoms with Crippen molar-refractivity contribution in [1.29, 1.82) is 0 Å². The van der Waals surface area contributed by atoms with E-state index in [2.05, 4.69) is 27.6 Å². The zero-order valence-corrected chi connectivity index (χ0v) is 14.2. The summed E-state index contributed by atoms with van der Waals surface area (Å²) in [5, 5.41) is 10.9. The Kier molecular flexibility index (Phi) is 5.57. The minimum atomic E-state index is -0.108. The normalized spacial score (nSPS) is 11.9. The molecule has 0 saturated heterocycles. The van der Waals surface area contributed by atoms with Gasteiger partial charge in [-0.2, -0.15) is 0 Å². The first kappa shape index (κ1) is 16.9. The molecule has 1 aromatic heterocycles. The van der Waals surface area contributed by atoms with Crippen molar-refractivity contribution >= 4 is 5.91 Å². The molecule has 0 unspecified atom stereocenters. The van der Waals surface area contributed by atoms with E-state index in [1.807, 2.05) is 55.5 Å². The molecule has 2 aromatic carbocycles. The minimum absolute atomic E-state index is 0.0872. The fourth-order valence-corrected chi connectivity index (χ4v) is 2.59. The number of amides is 1. The van der Waals surface area contributed by atoms with Gasteiger partial charge in [0.05, 0.1) is 0 Å². The molecule has 1 amide bonds. The molecule has 0 saturated carbocycles. The number of hydrogen-bond acceptors (Lipinski definition) is 4. The number of carbonyl (C=O) groups is 1. The van der Waals surface area contributed by atoms with Gasteiger partial charge < -0.3 is 9.73 Å². The maximum atomic E-state index is 12.1. The predicted molar refractivity (Wildman–Crippen MR) is 95.8 cm³/mol. The van der Waals surface area contributed by atoms with E-state index in [1.165, 1.54) is 5.56 Å². The van der Waals surface area contributed by atoms with Crippen LogP contribution < -0.4 is 5.32 Å². The zero-order chi connectivity index (χ0) is 17.5. The van der Waals surface area contributed by atoms with E-state index in [-0.39, 0.29) is 18.4 Å². The molecule has 0 spiro atoms. The number of aryl methyl sites for hydroxylation is 1. The zero-order valence-electron chi connectivity index (χ0n) is 14.2. The molecule has 5 nitrogen and oxygen atoms in total. The second-order valence-electron chi connectivity index (χ2n) is 6.04. The number of hydrogen-bond donors (Lipinski definition) is 1. The van der Waals surface area contributed by atoms with E-state index in [4.69, 9.17) is 4.42 Å². The SMILES string of the molecule is C[C@@H](CCc1ccccc1)NC(=O)Cc1nnc(-c2ccccc2)o1. The van der Waals surface area contributed by atoms with Crippen LogP contribution in [0.4, 0.5) is 0 Å². The molecule has 0 aliphatic heterocycles. The third kappa shape index (κ3) is 5.01. The van der Waals surface area contributed by atoms with E-state index in [9.17, 15) is 4.79 Å². The van der Waals surface area contributed by atoms with Crippen molar-refractivity contribution in [2.75, 3.05) is 0 Å². The second-order valence-corrected chi connectivity index (χ2v) is 6.04. The molecule has 0 aliphatic rings. The first-order chi connectivity index (χ1) is 12.2. The van der Waals surface area contributed by atoms with Crippen LogP contribution in [0.1, 0.15) is 24.8 Å². The summed E-state index contributed by atoms with van der Waals surface area (Å²) in [6, 6.07) is 19.8. The van der Waals surface area contributed by atoms with Gasteiger partial charge in [0.25, 0.3) is 0 Å². The summed E-state index contributed by atoms with van der Waals surface area (Å²) in [6.07, 6.45) is 1.91. The lowest BCUT2D eigenvalue weighted by Crippen LogP contribution is -2.34. The molecule has 0 aliphatic carbocycles. The van der Waals surface area contributed by atoms with E-state index in [0.717, 1.165) is 18.4 Å². The number of benzene rings is 2. The summed E-state index contributed by atoms with van der Waals surface area (Å²) in [5.41, 5.74) is 2.12. The van der Waals surface area contributed by atoms with Gasteiger partial charge in [0, 0.05) is 11.6 Å². The molecule has 0 radical (unpaired) electrons. The lowest BCUT2D eigenvalue weighted by atomic mass is 10.1. The Hall–Kier alpha value is -2.95. The van der Waals surface area contributed by atoms with Gasteiger partial charge >= 0.3 is 0 Å². The molecule has 0 bridgehead atoms. The highest BCUT2D eigenvalue weighted by atomic mass is 16.4. The van der Waals surface area contributed by atoms with Crippen molar-refractivity contribution in [2.24, 2.45) is 0 Å². The Morgan fingerprint density at radius 3 is 2.44 bits per heavy atom. The third-order valence-corrected chi connectivity index (χ3v) is 3.92. The van der Waals surface area contributed by atoms with E-state index >= 15 is 0 Å². The van der Waals surface area contributed by atoms with Gasteiger partial charge in [0.1, 0.15) is 6.42 Å². The van der Waals surface area contributed by atoms with Gasteiger partial charge in [0.2, 0.25) is 17.7 Å². The summed E-state index contributed by atoms with van der Waals surface area (Å²) in [6.45, 7) is 2.00. The maximum absolute atomic E-state index is 12.1. The average molecular weight is 335 g/mol. The second kappa shape index (κ2) is 8.24. The lowest BCUT2D eigenvalue weighted by molar-refractivity contribution is -0.121. The van der Waals surface area contributed by atoms with E-state index < -0.39 is 0 Å². The summed E-state index contributed by atoms with van der Waals surface area (Å²) in [5.74, 6) is 0.649. The molecular formula is C20H21N3O2. The van der Waals surface area contributed by atoms with Gasteiger partial charge in [0.15, 0.2) is 0 Å². The van der Waals surface area contributed by atoms with Gasteiger partial charge in [-0.25, -0.2) is 0 Å². The monoisotopic (exact) mass is 335 g/mol. The maximum Gasteiger partial charge on any atom is 0.247 e. The van der Waals surface area contributed by atoms with Crippen LogP contribution in [0.25, 0.3) is 11.5 Å². The number of nitrogens with one attached hydrogen (secondary N) is 1. The van der Waals surface area contributed by atoms with Crippen molar-refractivity contribution < 1.29 is 9.21 Å². The number of nitrogens with zero attached hydrogens (tertiary/aromatic N) is 2. The number of rotatable bonds is 7. The predicted octanol–water partition coefficient (Wildman–Crippen LogP) is 3.42. The van der Waals surface area contributed by atoms with Crippen LogP contribution >= 0.6 is 0 Å². The molecule has 1 atom stereocenters. The smallest absolute Gasteiger partial charge is 0.247 e. The Balaban J connectivity index is 1.48. The molecule has 25 heavy (non-hydrogen) atoms. The Morgan fingerprint density at radius 1 is 1.04 bits per heavy atom. The minimum Gasteiger partial charge on any atom is -0.420 e. The van der Waals surface area contributed by atoms with Crippen LogP contribution in [-0.4, -0.2) is 22.1 Å². The highest BCUT2D eigenvalue weighted by molar-refractivity contribution is 5.77. The van der Waals surface area contributed by atoms with Crippen LogP contribution in [0.2, 0.25) is 0 Å². The molecule has 5 heteroatoms. The molecule has 128 valence electrons. The molecule has 3 rings (SSSR count). The van der Waals surface area contributed by atoms with Gasteiger partial charge in [-0.15, -0.1) is 10.2 Å². The Bertz CT molecular complexity index is 800. The largest absolute Gasteiger partial charge is 0.420 e. The van der Waals surface area contributed by atoms with Crippen LogP contribution in [0.5, 0.6) is 0 Å². The van der Waals surface area contributed by atoms with Crippen molar-refractivity contribution in [1.82, 2.24) is 15.5 Å². The molecule has 1 heterocycles. The fraction of sp³-hybridized carbons (Fsp3) is 0.250. The Morgan fingerprint density at radius 2 is 1.72 bits per heavy atom. The van der Waals surface area contributed by atoms with E-state index in [0.29, 0.717) is 11.8 Å². The van der Waals surface area contributed by atoms with Gasteiger partial charge in [-0.05, 0) is 37.5 Å². The van der Waals surface area contributed by atoms with Crippen molar-refractivity contribution in [2.45, 2.75) is 32.2 Å². The van der Waals surface area contributed by atoms with Crippen molar-refractivity contribution in [3.05, 3.63) is 72.1 Å². The topological polar surface area (TPSA) is 68.0 Å². The molecule has 0 fully saturated rings. The fourth-order valence-electron chi connectivity index (χ4n) is 2.59. The summed E-state index contributed by atoms with van der Waals surface area (Å²) in [7, 11) is 0. The number of carbonyl (C=O) groups excluding carboxylic acids is 1. The third-order valence-electron chi connectivity index (χ3n) is 3.92. The average Bonchev–Trinajstić information content (AvgIpc) is 3.10. The van der Waals surface area contributed by atoms with Gasteiger partial charge in [-0.3, -0.25) is 4.79 Å². The van der Waals surface area contributed by atoms with Crippen LogP contribution in [0, 0.1) is 0 Å². The van der Waals surface area contributed by atoms with Gasteiger partial charge in [-0.1, -0.05) is 48.5 Å². The first-order valence-corrected chi connectivity index (χ1v) is 8.42. The van der Waals surface area contributed by atoms with Crippen molar-refractivity contribution in [3.8, 4) is 11.5 Å². The van der Waals surface area contributed by atoms with Crippen LogP contribution in [0.15, 0.2) is 65.1 Å². The molecule has 1 N–H and O–H groups in total. The van der Waals surface area contributed by atoms with E-state index in [1.54, 1.807) is 0 Å². The Labute approximate surface area is 147 Å². The van der Waals surface area contributed by atoms with Crippen LogP contribution in [0.3, 0.4) is 0 Å². The standard InChI is InChI=1S/C20H21N3O2/c1-15(12-13-16-8-4-2-5-9-16)21-18(24)14-19-22-23-20(25-19)17-10-6-3-7-11-17/h2-11,15H,12-14H2,1H3,(H,21,24)/t15-/m0/s1. The number of aromatic nitrogens is 2. The quantitative estimate of drug-likeness (QED) is 0.718. The summed E-state index contributed by atoms with van der Waals surface area (Å²) < 4.78 is 5.57. The first-order valence-electron chi connectivity index (χ1n) is 8.42. The lowest BCUT2D eigenvalue weighted by Gasteiger charge is -2.13.